The van der Waals surface area contributed by atoms with Crippen molar-refractivity contribution in [2.24, 2.45) is 4.99 Å². The van der Waals surface area contributed by atoms with Crippen molar-refractivity contribution < 1.29 is 0 Å². The topological polar surface area (TPSA) is 37.3 Å². The molecule has 1 heterocycles. The number of aromatic nitrogens is 1. The van der Waals surface area contributed by atoms with Crippen molar-refractivity contribution in [2.45, 2.75) is 92.0 Å². The second-order valence-electron chi connectivity index (χ2n) is 8.32. The highest BCUT2D eigenvalue weighted by atomic mass is 32.1. The van der Waals surface area contributed by atoms with E-state index in [1.165, 1.54) is 59.5 Å². The fraction of sp³-hybridized carbons (Fsp3) is 0.500. The molecule has 4 heteroatoms. The standard InChI is InChI=1S/C26H35N3S.C2H6/c1-6-9-21(10-7-2)26-29-24(22-12-8-11-18(3)17-22)25(30-26)19(4)15-16-27-20(5)28-23-13-14-23;1-2/h8,11-12,15-17,21,23H,4,6-7,9-10,13-14H2,1-3,5H3,(H,27,28);1-2H3/b16-15-;. The van der Waals surface area contributed by atoms with Crippen LogP contribution in [-0.4, -0.2) is 16.9 Å². The first kappa shape index (κ1) is 26.1. The molecule has 1 aliphatic rings. The minimum Gasteiger partial charge on any atom is -0.351 e. The predicted octanol–water partition coefficient (Wildman–Crippen LogP) is 8.53. The van der Waals surface area contributed by atoms with Gasteiger partial charge < -0.3 is 5.32 Å². The van der Waals surface area contributed by atoms with E-state index in [-0.39, 0.29) is 0 Å². The Hall–Kier alpha value is -2.20. The largest absolute Gasteiger partial charge is 0.351 e. The molecule has 0 aliphatic heterocycles. The van der Waals surface area contributed by atoms with Crippen LogP contribution in [0.5, 0.6) is 0 Å². The third-order valence-corrected chi connectivity index (χ3v) is 6.64. The summed E-state index contributed by atoms with van der Waals surface area (Å²) in [5, 5.41) is 4.54. The number of hydrogen-bond acceptors (Lipinski definition) is 3. The number of benzene rings is 1. The molecule has 3 nitrogen and oxygen atoms in total. The number of thiazole rings is 1. The van der Waals surface area contributed by atoms with Crippen LogP contribution in [0.25, 0.3) is 16.8 Å². The van der Waals surface area contributed by atoms with Crippen molar-refractivity contribution >= 4 is 22.7 Å². The molecule has 174 valence electrons. The van der Waals surface area contributed by atoms with Gasteiger partial charge in [0.15, 0.2) is 0 Å². The molecule has 32 heavy (non-hydrogen) atoms. The van der Waals surface area contributed by atoms with Crippen LogP contribution in [0.4, 0.5) is 0 Å². The molecule has 2 aromatic rings. The maximum Gasteiger partial charge on any atom is 0.0974 e. The zero-order valence-corrected chi connectivity index (χ0v) is 21.7. The molecule has 1 fully saturated rings. The summed E-state index contributed by atoms with van der Waals surface area (Å²) in [4.78, 5) is 10.9. The monoisotopic (exact) mass is 451 g/mol. The summed E-state index contributed by atoms with van der Waals surface area (Å²) in [6.07, 6.45) is 11.2. The molecule has 0 spiro atoms. The van der Waals surface area contributed by atoms with E-state index >= 15 is 0 Å². The Morgan fingerprint density at radius 1 is 1.25 bits per heavy atom. The molecule has 0 radical (unpaired) electrons. The molecule has 1 aromatic heterocycles. The Bertz CT molecular complexity index is 913. The fourth-order valence-electron chi connectivity index (χ4n) is 3.66. The molecule has 1 aromatic carbocycles. The van der Waals surface area contributed by atoms with Gasteiger partial charge in [0, 0.05) is 17.7 Å². The highest BCUT2D eigenvalue weighted by Crippen LogP contribution is 2.39. The molecular formula is C28H41N3S. The van der Waals surface area contributed by atoms with Crippen LogP contribution in [0.3, 0.4) is 0 Å². The summed E-state index contributed by atoms with van der Waals surface area (Å²) in [6.45, 7) is 17.1. The van der Waals surface area contributed by atoms with Gasteiger partial charge in [0.25, 0.3) is 0 Å². The summed E-state index contributed by atoms with van der Waals surface area (Å²) >= 11 is 1.82. The molecule has 0 atom stereocenters. The van der Waals surface area contributed by atoms with E-state index in [0.29, 0.717) is 12.0 Å². The average molecular weight is 452 g/mol. The average Bonchev–Trinajstić information content (AvgIpc) is 3.48. The minimum absolute atomic E-state index is 0.528. The van der Waals surface area contributed by atoms with Gasteiger partial charge in [0.1, 0.15) is 0 Å². The molecule has 1 saturated carbocycles. The molecule has 1 aliphatic carbocycles. The summed E-state index contributed by atoms with van der Waals surface area (Å²) < 4.78 is 0. The molecule has 0 unspecified atom stereocenters. The van der Waals surface area contributed by atoms with E-state index in [2.05, 4.69) is 68.0 Å². The van der Waals surface area contributed by atoms with E-state index in [1.54, 1.807) is 0 Å². The van der Waals surface area contributed by atoms with Crippen molar-refractivity contribution in [2.75, 3.05) is 0 Å². The van der Waals surface area contributed by atoms with Crippen molar-refractivity contribution in [1.82, 2.24) is 10.3 Å². The van der Waals surface area contributed by atoms with E-state index in [0.717, 1.165) is 17.1 Å². The van der Waals surface area contributed by atoms with E-state index in [4.69, 9.17) is 4.98 Å². The Labute approximate surface area is 199 Å². The van der Waals surface area contributed by atoms with Gasteiger partial charge in [-0.1, -0.05) is 70.9 Å². The smallest absolute Gasteiger partial charge is 0.0974 e. The lowest BCUT2D eigenvalue weighted by Gasteiger charge is -2.11. The van der Waals surface area contributed by atoms with Crippen LogP contribution >= 0.6 is 11.3 Å². The second-order valence-corrected chi connectivity index (χ2v) is 9.35. The Kier molecular flexibility index (Phi) is 10.9. The van der Waals surface area contributed by atoms with Crippen molar-refractivity contribution in [1.29, 1.82) is 0 Å². The Balaban J connectivity index is 0.00000176. The molecule has 3 rings (SSSR count). The quantitative estimate of drug-likeness (QED) is 0.223. The van der Waals surface area contributed by atoms with Crippen molar-refractivity contribution in [3.8, 4) is 11.3 Å². The Morgan fingerprint density at radius 3 is 2.53 bits per heavy atom. The van der Waals surface area contributed by atoms with Gasteiger partial charge in [-0.3, -0.25) is 4.99 Å². The lowest BCUT2D eigenvalue weighted by molar-refractivity contribution is 0.558. The molecule has 0 bridgehead atoms. The number of aliphatic imine (C=N–C) groups is 1. The van der Waals surface area contributed by atoms with Gasteiger partial charge >= 0.3 is 0 Å². The SMILES string of the molecule is C=C(/C=C\NC(C)=NC1CC1)c1sc(C(CCC)CCC)nc1-c1cccc(C)c1.CC. The van der Waals surface area contributed by atoms with Crippen molar-refractivity contribution in [3.05, 3.63) is 58.6 Å². The number of amidine groups is 1. The van der Waals surface area contributed by atoms with Crippen LogP contribution in [0, 0.1) is 6.92 Å². The van der Waals surface area contributed by atoms with Gasteiger partial charge in [-0.2, -0.15) is 0 Å². The number of allylic oxidation sites excluding steroid dienone is 2. The van der Waals surface area contributed by atoms with E-state index in [1.807, 2.05) is 38.3 Å². The molecule has 0 amide bonds. The number of nitrogens with one attached hydrogen (secondary N) is 1. The van der Waals surface area contributed by atoms with Gasteiger partial charge in [0.05, 0.1) is 27.5 Å². The Morgan fingerprint density at radius 2 is 1.94 bits per heavy atom. The fourth-order valence-corrected chi connectivity index (χ4v) is 4.87. The first-order valence-electron chi connectivity index (χ1n) is 12.3. The molecule has 1 N–H and O–H groups in total. The molecular weight excluding hydrogens is 410 g/mol. The predicted molar refractivity (Wildman–Crippen MR) is 144 cm³/mol. The van der Waals surface area contributed by atoms with Crippen LogP contribution < -0.4 is 5.32 Å². The van der Waals surface area contributed by atoms with Crippen LogP contribution in [0.1, 0.15) is 94.5 Å². The number of hydrogen-bond donors (Lipinski definition) is 1. The maximum atomic E-state index is 5.15. The first-order valence-corrected chi connectivity index (χ1v) is 13.1. The van der Waals surface area contributed by atoms with E-state index in [9.17, 15) is 0 Å². The van der Waals surface area contributed by atoms with Crippen LogP contribution in [0.15, 0.2) is 48.1 Å². The highest BCUT2D eigenvalue weighted by molar-refractivity contribution is 7.13. The van der Waals surface area contributed by atoms with Gasteiger partial charge in [-0.25, -0.2) is 4.98 Å². The van der Waals surface area contributed by atoms with Crippen LogP contribution in [0.2, 0.25) is 0 Å². The zero-order valence-electron chi connectivity index (χ0n) is 20.9. The lowest BCUT2D eigenvalue weighted by Crippen LogP contribution is -2.13. The van der Waals surface area contributed by atoms with Crippen molar-refractivity contribution in [3.63, 3.8) is 0 Å². The second kappa shape index (κ2) is 13.4. The third kappa shape index (κ3) is 7.74. The summed E-state index contributed by atoms with van der Waals surface area (Å²) in [6, 6.07) is 9.15. The summed E-state index contributed by atoms with van der Waals surface area (Å²) in [5.74, 6) is 1.50. The summed E-state index contributed by atoms with van der Waals surface area (Å²) in [7, 11) is 0. The lowest BCUT2D eigenvalue weighted by atomic mass is 9.99. The number of aryl methyl sites for hydroxylation is 1. The van der Waals surface area contributed by atoms with Gasteiger partial charge in [0.2, 0.25) is 0 Å². The van der Waals surface area contributed by atoms with Gasteiger partial charge in [-0.05, 0) is 57.2 Å². The number of nitrogens with zero attached hydrogens (tertiary/aromatic N) is 2. The normalized spacial score (nSPS) is 13.9. The first-order chi connectivity index (χ1) is 15.5. The zero-order chi connectivity index (χ0) is 23.5. The minimum atomic E-state index is 0.528. The third-order valence-electron chi connectivity index (χ3n) is 5.35. The maximum absolute atomic E-state index is 5.15. The number of rotatable bonds is 10. The highest BCUT2D eigenvalue weighted by Gasteiger charge is 2.21. The molecule has 0 saturated heterocycles. The summed E-state index contributed by atoms with van der Waals surface area (Å²) in [5.41, 5.74) is 4.48. The van der Waals surface area contributed by atoms with Crippen LogP contribution in [-0.2, 0) is 0 Å². The van der Waals surface area contributed by atoms with E-state index < -0.39 is 0 Å². The van der Waals surface area contributed by atoms with Gasteiger partial charge in [-0.15, -0.1) is 11.3 Å².